The smallest absolute Gasteiger partial charge is 0.170 e. The van der Waals surface area contributed by atoms with Crippen LogP contribution in [0.1, 0.15) is 22.8 Å². The van der Waals surface area contributed by atoms with Crippen LogP contribution in [0.15, 0.2) is 48.6 Å². The molecule has 1 atom stereocenters. The standard InChI is InChI=1S/C14H14O/c1-10(2)7-8-12-9-11-5-3-4-6-13(11)14(12)15/h3-8,12H,1,9H2,2H3/b8-7+. The van der Waals surface area contributed by atoms with Crippen molar-refractivity contribution in [2.45, 2.75) is 13.3 Å². The molecule has 0 amide bonds. The summed E-state index contributed by atoms with van der Waals surface area (Å²) in [6, 6.07) is 7.84. The number of hydrogen-bond donors (Lipinski definition) is 0. The first-order chi connectivity index (χ1) is 7.18. The lowest BCUT2D eigenvalue weighted by atomic mass is 10.0. The third kappa shape index (κ3) is 1.91. The predicted octanol–water partition coefficient (Wildman–Crippen LogP) is 3.17. The van der Waals surface area contributed by atoms with Crippen LogP contribution < -0.4 is 0 Å². The zero-order valence-electron chi connectivity index (χ0n) is 8.86. The van der Waals surface area contributed by atoms with E-state index in [0.717, 1.165) is 17.6 Å². The quantitative estimate of drug-likeness (QED) is 0.667. The van der Waals surface area contributed by atoms with Gasteiger partial charge in [0.05, 0.1) is 0 Å². The maximum absolute atomic E-state index is 11.9. The number of carbonyl (C=O) groups excluding carboxylic acids is 1. The Hall–Kier alpha value is -1.63. The van der Waals surface area contributed by atoms with E-state index in [4.69, 9.17) is 0 Å². The Morgan fingerprint density at radius 1 is 1.47 bits per heavy atom. The number of Topliss-reactive ketones (excluding diaryl/α,β-unsaturated/α-hetero) is 1. The van der Waals surface area contributed by atoms with E-state index in [-0.39, 0.29) is 11.7 Å². The van der Waals surface area contributed by atoms with Crippen molar-refractivity contribution in [3.63, 3.8) is 0 Å². The summed E-state index contributed by atoms with van der Waals surface area (Å²) in [6.45, 7) is 5.73. The van der Waals surface area contributed by atoms with Crippen LogP contribution in [0.4, 0.5) is 0 Å². The first-order valence-electron chi connectivity index (χ1n) is 5.14. The van der Waals surface area contributed by atoms with E-state index in [1.807, 2.05) is 43.3 Å². The molecule has 0 radical (unpaired) electrons. The normalized spacial score (nSPS) is 19.5. The van der Waals surface area contributed by atoms with Crippen LogP contribution in [0.25, 0.3) is 0 Å². The highest BCUT2D eigenvalue weighted by Crippen LogP contribution is 2.27. The molecule has 0 bridgehead atoms. The van der Waals surface area contributed by atoms with Crippen molar-refractivity contribution in [2.75, 3.05) is 0 Å². The van der Waals surface area contributed by atoms with E-state index in [2.05, 4.69) is 6.58 Å². The minimum absolute atomic E-state index is 0.0131. The summed E-state index contributed by atoms with van der Waals surface area (Å²) in [6.07, 6.45) is 4.72. The fourth-order valence-electron chi connectivity index (χ4n) is 1.90. The molecule has 1 heteroatoms. The maximum atomic E-state index is 11.9. The second-order valence-electron chi connectivity index (χ2n) is 4.04. The van der Waals surface area contributed by atoms with Gasteiger partial charge in [-0.2, -0.15) is 0 Å². The molecule has 0 saturated carbocycles. The number of hydrogen-bond acceptors (Lipinski definition) is 1. The number of carbonyl (C=O) groups is 1. The van der Waals surface area contributed by atoms with Crippen molar-refractivity contribution >= 4 is 5.78 Å². The number of benzene rings is 1. The average molecular weight is 198 g/mol. The van der Waals surface area contributed by atoms with E-state index in [0.29, 0.717) is 0 Å². The summed E-state index contributed by atoms with van der Waals surface area (Å²) in [5.74, 6) is 0.252. The van der Waals surface area contributed by atoms with Crippen LogP contribution in [0.2, 0.25) is 0 Å². The molecular formula is C14H14O. The minimum atomic E-state index is 0.0131. The second-order valence-corrected chi connectivity index (χ2v) is 4.04. The van der Waals surface area contributed by atoms with Crippen LogP contribution in [0.3, 0.4) is 0 Å². The first-order valence-corrected chi connectivity index (χ1v) is 5.14. The number of fused-ring (bicyclic) bond motifs is 1. The summed E-state index contributed by atoms with van der Waals surface area (Å²) in [5.41, 5.74) is 3.03. The van der Waals surface area contributed by atoms with Gasteiger partial charge in [-0.15, -0.1) is 0 Å². The second kappa shape index (κ2) is 3.85. The average Bonchev–Trinajstić information content (AvgIpc) is 2.54. The van der Waals surface area contributed by atoms with Gasteiger partial charge in [0, 0.05) is 11.5 Å². The number of allylic oxidation sites excluding steroid dienone is 3. The van der Waals surface area contributed by atoms with E-state index in [1.165, 1.54) is 5.56 Å². The first kappa shape index (κ1) is 9.91. The van der Waals surface area contributed by atoms with Gasteiger partial charge < -0.3 is 0 Å². The molecule has 0 N–H and O–H groups in total. The van der Waals surface area contributed by atoms with Gasteiger partial charge in [0.1, 0.15) is 0 Å². The Morgan fingerprint density at radius 2 is 2.20 bits per heavy atom. The Bertz CT molecular complexity index is 440. The molecular weight excluding hydrogens is 184 g/mol. The van der Waals surface area contributed by atoms with E-state index in [1.54, 1.807) is 0 Å². The molecule has 0 fully saturated rings. The molecule has 76 valence electrons. The Kier molecular flexibility index (Phi) is 2.55. The topological polar surface area (TPSA) is 17.1 Å². The van der Waals surface area contributed by atoms with Crippen molar-refractivity contribution in [3.05, 3.63) is 59.7 Å². The SMILES string of the molecule is C=C(C)/C=C/C1Cc2ccccc2C1=O. The molecule has 2 rings (SSSR count). The molecule has 15 heavy (non-hydrogen) atoms. The molecule has 1 nitrogen and oxygen atoms in total. The predicted molar refractivity (Wildman–Crippen MR) is 61.9 cm³/mol. The summed E-state index contributed by atoms with van der Waals surface area (Å²) >= 11 is 0. The van der Waals surface area contributed by atoms with Gasteiger partial charge in [0.2, 0.25) is 0 Å². The zero-order chi connectivity index (χ0) is 10.8. The van der Waals surface area contributed by atoms with E-state index in [9.17, 15) is 4.79 Å². The Labute approximate surface area is 90.1 Å². The Balaban J connectivity index is 2.24. The van der Waals surface area contributed by atoms with Gasteiger partial charge in [-0.25, -0.2) is 0 Å². The molecule has 1 aromatic rings. The van der Waals surface area contributed by atoms with Gasteiger partial charge >= 0.3 is 0 Å². The molecule has 1 aromatic carbocycles. The Morgan fingerprint density at radius 3 is 2.87 bits per heavy atom. The molecule has 1 aliphatic carbocycles. The molecule has 0 aliphatic heterocycles. The highest BCUT2D eigenvalue weighted by Gasteiger charge is 2.27. The van der Waals surface area contributed by atoms with Gasteiger partial charge in [0.15, 0.2) is 5.78 Å². The molecule has 0 heterocycles. The number of rotatable bonds is 2. The van der Waals surface area contributed by atoms with Crippen LogP contribution >= 0.6 is 0 Å². The highest BCUT2D eigenvalue weighted by molar-refractivity contribution is 6.03. The van der Waals surface area contributed by atoms with Crippen LogP contribution in [0, 0.1) is 5.92 Å². The van der Waals surface area contributed by atoms with Crippen molar-refractivity contribution in [1.29, 1.82) is 0 Å². The van der Waals surface area contributed by atoms with Crippen molar-refractivity contribution in [2.24, 2.45) is 5.92 Å². The summed E-state index contributed by atoms with van der Waals surface area (Å²) < 4.78 is 0. The van der Waals surface area contributed by atoms with Gasteiger partial charge in [0.25, 0.3) is 0 Å². The van der Waals surface area contributed by atoms with Crippen LogP contribution in [0.5, 0.6) is 0 Å². The maximum Gasteiger partial charge on any atom is 0.170 e. The lowest BCUT2D eigenvalue weighted by molar-refractivity contribution is 0.0960. The molecule has 0 aromatic heterocycles. The van der Waals surface area contributed by atoms with Gasteiger partial charge in [-0.3, -0.25) is 4.79 Å². The third-order valence-electron chi connectivity index (χ3n) is 2.67. The van der Waals surface area contributed by atoms with Crippen molar-refractivity contribution < 1.29 is 4.79 Å². The van der Waals surface area contributed by atoms with Gasteiger partial charge in [-0.05, 0) is 18.9 Å². The summed E-state index contributed by atoms with van der Waals surface area (Å²) in [5, 5.41) is 0. The summed E-state index contributed by atoms with van der Waals surface area (Å²) in [7, 11) is 0. The minimum Gasteiger partial charge on any atom is -0.293 e. The summed E-state index contributed by atoms with van der Waals surface area (Å²) in [4.78, 5) is 11.9. The monoisotopic (exact) mass is 198 g/mol. The lowest BCUT2D eigenvalue weighted by Crippen LogP contribution is -2.05. The fourth-order valence-corrected chi connectivity index (χ4v) is 1.90. The third-order valence-corrected chi connectivity index (χ3v) is 2.67. The highest BCUT2D eigenvalue weighted by atomic mass is 16.1. The molecule has 0 spiro atoms. The van der Waals surface area contributed by atoms with E-state index < -0.39 is 0 Å². The van der Waals surface area contributed by atoms with Crippen LogP contribution in [-0.4, -0.2) is 5.78 Å². The van der Waals surface area contributed by atoms with E-state index >= 15 is 0 Å². The molecule has 1 aliphatic rings. The number of ketones is 1. The fraction of sp³-hybridized carbons (Fsp3) is 0.214. The molecule has 0 saturated heterocycles. The van der Waals surface area contributed by atoms with Crippen LogP contribution in [-0.2, 0) is 6.42 Å². The van der Waals surface area contributed by atoms with Gasteiger partial charge in [-0.1, -0.05) is 48.6 Å². The van der Waals surface area contributed by atoms with Crippen molar-refractivity contribution in [3.8, 4) is 0 Å². The van der Waals surface area contributed by atoms with Crippen molar-refractivity contribution in [1.82, 2.24) is 0 Å². The lowest BCUT2D eigenvalue weighted by Gasteiger charge is -1.99. The largest absolute Gasteiger partial charge is 0.293 e. The molecule has 1 unspecified atom stereocenters. The zero-order valence-corrected chi connectivity index (χ0v) is 8.86.